The van der Waals surface area contributed by atoms with E-state index < -0.39 is 0 Å². The Morgan fingerprint density at radius 3 is 2.84 bits per heavy atom. The maximum absolute atomic E-state index is 4.67. The lowest BCUT2D eigenvalue weighted by atomic mass is 10.1. The predicted molar refractivity (Wildman–Crippen MR) is 75.1 cm³/mol. The smallest absolute Gasteiger partial charge is 0.132 e. The molecule has 3 heterocycles. The average Bonchev–Trinajstić information content (AvgIpc) is 2.88. The summed E-state index contributed by atoms with van der Waals surface area (Å²) in [7, 11) is 0. The van der Waals surface area contributed by atoms with Crippen LogP contribution in [0.15, 0.2) is 30.6 Å². The molecule has 0 amide bonds. The maximum atomic E-state index is 4.67. The lowest BCUT2D eigenvalue weighted by Crippen LogP contribution is -2.24. The molecule has 0 bridgehead atoms. The van der Waals surface area contributed by atoms with Crippen molar-refractivity contribution < 1.29 is 0 Å². The second-order valence-corrected chi connectivity index (χ2v) is 5.07. The lowest BCUT2D eigenvalue weighted by Gasteiger charge is -2.25. The third-order valence-electron chi connectivity index (χ3n) is 3.59. The Hall–Kier alpha value is -1.97. The number of nitrogens with zero attached hydrogens (tertiary/aromatic N) is 4. The van der Waals surface area contributed by atoms with E-state index in [9.17, 15) is 0 Å². The molecule has 4 nitrogen and oxygen atoms in total. The Morgan fingerprint density at radius 2 is 2.05 bits per heavy atom. The average molecular weight is 254 g/mol. The van der Waals surface area contributed by atoms with Crippen LogP contribution in [0.3, 0.4) is 0 Å². The molecule has 1 aliphatic rings. The minimum atomic E-state index is 0.342. The van der Waals surface area contributed by atoms with Crippen LogP contribution in [0.1, 0.15) is 36.0 Å². The fourth-order valence-corrected chi connectivity index (χ4v) is 2.70. The highest BCUT2D eigenvalue weighted by Crippen LogP contribution is 2.34. The number of hydrogen-bond donors (Lipinski definition) is 0. The van der Waals surface area contributed by atoms with Gasteiger partial charge in [-0.1, -0.05) is 6.07 Å². The van der Waals surface area contributed by atoms with Crippen molar-refractivity contribution in [1.29, 1.82) is 0 Å². The van der Waals surface area contributed by atoms with Crippen molar-refractivity contribution >= 4 is 5.82 Å². The van der Waals surface area contributed by atoms with E-state index in [1.807, 2.05) is 26.0 Å². The number of anilines is 1. The van der Waals surface area contributed by atoms with Crippen molar-refractivity contribution in [2.75, 3.05) is 11.4 Å². The topological polar surface area (TPSA) is 41.9 Å². The number of aromatic nitrogens is 3. The highest BCUT2D eigenvalue weighted by atomic mass is 15.2. The van der Waals surface area contributed by atoms with E-state index in [4.69, 9.17) is 0 Å². The van der Waals surface area contributed by atoms with Gasteiger partial charge in [0.2, 0.25) is 0 Å². The molecule has 3 rings (SSSR count). The van der Waals surface area contributed by atoms with Gasteiger partial charge >= 0.3 is 0 Å². The molecule has 1 atom stereocenters. The van der Waals surface area contributed by atoms with Crippen LogP contribution >= 0.6 is 0 Å². The monoisotopic (exact) mass is 254 g/mol. The van der Waals surface area contributed by atoms with Crippen molar-refractivity contribution in [2.24, 2.45) is 0 Å². The second kappa shape index (κ2) is 4.96. The summed E-state index contributed by atoms with van der Waals surface area (Å²) in [6.07, 6.45) is 3.96. The van der Waals surface area contributed by atoms with Crippen LogP contribution in [0.5, 0.6) is 0 Å². The van der Waals surface area contributed by atoms with Crippen molar-refractivity contribution in [2.45, 2.75) is 32.7 Å². The third kappa shape index (κ3) is 2.43. The Kier molecular flexibility index (Phi) is 3.15. The summed E-state index contributed by atoms with van der Waals surface area (Å²) in [5.74, 6) is 1.01. The van der Waals surface area contributed by atoms with Crippen LogP contribution in [0.4, 0.5) is 5.82 Å². The van der Waals surface area contributed by atoms with Gasteiger partial charge in [-0.25, -0.2) is 9.97 Å². The summed E-state index contributed by atoms with van der Waals surface area (Å²) in [6, 6.07) is 8.63. The van der Waals surface area contributed by atoms with Gasteiger partial charge in [0, 0.05) is 24.0 Å². The van der Waals surface area contributed by atoms with E-state index in [0.717, 1.165) is 35.9 Å². The molecule has 0 N–H and O–H groups in total. The predicted octanol–water partition coefficient (Wildman–Crippen LogP) is 2.83. The Bertz CT molecular complexity index is 530. The summed E-state index contributed by atoms with van der Waals surface area (Å²) < 4.78 is 0. The van der Waals surface area contributed by atoms with Crippen LogP contribution < -0.4 is 4.90 Å². The minimum absolute atomic E-state index is 0.342. The summed E-state index contributed by atoms with van der Waals surface area (Å²) in [5, 5.41) is 0. The van der Waals surface area contributed by atoms with Gasteiger partial charge in [0.05, 0.1) is 11.7 Å². The van der Waals surface area contributed by atoms with Gasteiger partial charge < -0.3 is 4.90 Å². The van der Waals surface area contributed by atoms with E-state index in [0.29, 0.717) is 6.04 Å². The summed E-state index contributed by atoms with van der Waals surface area (Å²) in [6.45, 7) is 5.08. The second-order valence-electron chi connectivity index (χ2n) is 5.07. The Balaban J connectivity index is 1.93. The van der Waals surface area contributed by atoms with E-state index in [1.165, 1.54) is 6.42 Å². The fourth-order valence-electron chi connectivity index (χ4n) is 2.70. The summed E-state index contributed by atoms with van der Waals surface area (Å²) in [5.41, 5.74) is 3.23. The van der Waals surface area contributed by atoms with Gasteiger partial charge in [-0.15, -0.1) is 0 Å². The lowest BCUT2D eigenvalue weighted by molar-refractivity contribution is 0.684. The molecule has 1 aliphatic heterocycles. The van der Waals surface area contributed by atoms with Gasteiger partial charge in [0.15, 0.2) is 0 Å². The highest BCUT2D eigenvalue weighted by molar-refractivity contribution is 5.43. The molecule has 0 aliphatic carbocycles. The molecule has 2 aromatic rings. The first-order chi connectivity index (χ1) is 9.24. The quantitative estimate of drug-likeness (QED) is 0.826. The molecule has 98 valence electrons. The van der Waals surface area contributed by atoms with Gasteiger partial charge in [-0.3, -0.25) is 4.98 Å². The molecule has 0 spiro atoms. The largest absolute Gasteiger partial charge is 0.348 e. The van der Waals surface area contributed by atoms with Gasteiger partial charge in [-0.2, -0.15) is 0 Å². The van der Waals surface area contributed by atoms with Crippen LogP contribution in [0.2, 0.25) is 0 Å². The van der Waals surface area contributed by atoms with E-state index >= 15 is 0 Å². The molecule has 1 unspecified atom stereocenters. The molecular formula is C15H18N4. The van der Waals surface area contributed by atoms with Crippen LogP contribution in [-0.4, -0.2) is 21.5 Å². The van der Waals surface area contributed by atoms with Gasteiger partial charge in [0.25, 0.3) is 0 Å². The normalized spacial score (nSPS) is 18.8. The Labute approximate surface area is 113 Å². The molecule has 0 radical (unpaired) electrons. The first-order valence-corrected chi connectivity index (χ1v) is 6.73. The molecule has 2 aromatic heterocycles. The fraction of sp³-hybridized carbons (Fsp3) is 0.400. The Morgan fingerprint density at radius 1 is 1.16 bits per heavy atom. The van der Waals surface area contributed by atoms with Crippen molar-refractivity contribution in [3.05, 3.63) is 47.7 Å². The number of rotatable bonds is 2. The zero-order valence-electron chi connectivity index (χ0n) is 11.4. The third-order valence-corrected chi connectivity index (χ3v) is 3.59. The molecule has 0 aromatic carbocycles. The summed E-state index contributed by atoms with van der Waals surface area (Å²) >= 11 is 0. The SMILES string of the molecule is Cc1cc(N2CCCC2c2cccc(C)n2)ncn1. The van der Waals surface area contributed by atoms with Gasteiger partial charge in [-0.05, 0) is 38.8 Å². The van der Waals surface area contributed by atoms with E-state index in [-0.39, 0.29) is 0 Å². The number of hydrogen-bond acceptors (Lipinski definition) is 4. The number of pyridine rings is 1. The standard InChI is InChI=1S/C15H18N4/c1-11-5-3-6-13(18-11)14-7-4-8-19(14)15-9-12(2)16-10-17-15/h3,5-6,9-10,14H,4,7-8H2,1-2H3. The van der Waals surface area contributed by atoms with Crippen LogP contribution in [0.25, 0.3) is 0 Å². The van der Waals surface area contributed by atoms with Crippen molar-refractivity contribution in [3.8, 4) is 0 Å². The molecular weight excluding hydrogens is 236 g/mol. The van der Waals surface area contributed by atoms with E-state index in [1.54, 1.807) is 6.33 Å². The molecule has 1 fully saturated rings. The van der Waals surface area contributed by atoms with Crippen LogP contribution in [0, 0.1) is 13.8 Å². The van der Waals surface area contributed by atoms with Crippen LogP contribution in [-0.2, 0) is 0 Å². The first-order valence-electron chi connectivity index (χ1n) is 6.73. The van der Waals surface area contributed by atoms with Crippen molar-refractivity contribution in [3.63, 3.8) is 0 Å². The zero-order chi connectivity index (χ0) is 13.2. The molecule has 0 saturated carbocycles. The maximum Gasteiger partial charge on any atom is 0.132 e. The zero-order valence-corrected chi connectivity index (χ0v) is 11.4. The molecule has 4 heteroatoms. The van der Waals surface area contributed by atoms with Crippen molar-refractivity contribution in [1.82, 2.24) is 15.0 Å². The van der Waals surface area contributed by atoms with Gasteiger partial charge in [0.1, 0.15) is 12.1 Å². The number of aryl methyl sites for hydroxylation is 2. The highest BCUT2D eigenvalue weighted by Gasteiger charge is 2.28. The molecule has 19 heavy (non-hydrogen) atoms. The minimum Gasteiger partial charge on any atom is -0.348 e. The first kappa shape index (κ1) is 12.1. The van der Waals surface area contributed by atoms with E-state index in [2.05, 4.69) is 32.0 Å². The summed E-state index contributed by atoms with van der Waals surface area (Å²) in [4.78, 5) is 15.6. The molecule has 1 saturated heterocycles.